The maximum absolute atomic E-state index is 12.6. The molecule has 9 heteroatoms. The second-order valence-electron chi connectivity index (χ2n) is 7.15. The third-order valence-corrected chi connectivity index (χ3v) is 6.07. The van der Waals surface area contributed by atoms with Gasteiger partial charge in [0.15, 0.2) is 5.16 Å². The van der Waals surface area contributed by atoms with Crippen LogP contribution in [0.3, 0.4) is 0 Å². The third kappa shape index (κ3) is 4.61. The Hall–Kier alpha value is -1.77. The normalized spacial score (nSPS) is 17.0. The molecule has 1 aromatic heterocycles. The number of morpholine rings is 1. The number of halogens is 1. The van der Waals surface area contributed by atoms with E-state index in [0.29, 0.717) is 36.6 Å². The van der Waals surface area contributed by atoms with E-state index < -0.39 is 0 Å². The Morgan fingerprint density at radius 1 is 1.32 bits per heavy atom. The lowest BCUT2D eigenvalue weighted by Gasteiger charge is -2.28. The molecule has 2 heterocycles. The minimum absolute atomic E-state index is 0.0586. The molecule has 150 valence electrons. The Labute approximate surface area is 174 Å². The number of amides is 1. The fourth-order valence-corrected chi connectivity index (χ4v) is 4.39. The van der Waals surface area contributed by atoms with Gasteiger partial charge in [-0.05, 0) is 30.5 Å². The van der Waals surface area contributed by atoms with E-state index in [1.165, 1.54) is 11.8 Å². The van der Waals surface area contributed by atoms with Crippen LogP contribution in [-0.4, -0.2) is 64.7 Å². The van der Waals surface area contributed by atoms with E-state index in [9.17, 15) is 4.79 Å². The first-order chi connectivity index (χ1) is 13.6. The first kappa shape index (κ1) is 19.5. The second kappa shape index (κ2) is 8.71. The van der Waals surface area contributed by atoms with Crippen LogP contribution in [0.15, 0.2) is 29.4 Å². The van der Waals surface area contributed by atoms with Crippen LogP contribution in [0.1, 0.15) is 24.4 Å². The molecule has 28 heavy (non-hydrogen) atoms. The highest BCUT2D eigenvalue weighted by Gasteiger charge is 2.32. The van der Waals surface area contributed by atoms with Gasteiger partial charge in [-0.2, -0.15) is 0 Å². The fraction of sp³-hybridized carbons (Fsp3) is 0.526. The number of aromatic nitrogens is 3. The molecule has 1 aliphatic carbocycles. The predicted molar refractivity (Wildman–Crippen MR) is 110 cm³/mol. The van der Waals surface area contributed by atoms with Crippen molar-refractivity contribution in [3.8, 4) is 0 Å². The van der Waals surface area contributed by atoms with Gasteiger partial charge in [0.25, 0.3) is 0 Å². The lowest BCUT2D eigenvalue weighted by atomic mass is 10.2. The molecule has 4 rings (SSSR count). The van der Waals surface area contributed by atoms with Crippen molar-refractivity contribution in [1.82, 2.24) is 19.7 Å². The summed E-state index contributed by atoms with van der Waals surface area (Å²) < 4.78 is 7.65. The van der Waals surface area contributed by atoms with Crippen molar-refractivity contribution in [2.75, 3.05) is 44.0 Å². The van der Waals surface area contributed by atoms with Crippen LogP contribution in [-0.2, 0) is 16.1 Å². The lowest BCUT2D eigenvalue weighted by molar-refractivity contribution is -0.127. The maximum Gasteiger partial charge on any atom is 0.233 e. The summed E-state index contributed by atoms with van der Waals surface area (Å²) in [4.78, 5) is 16.5. The first-order valence-corrected chi connectivity index (χ1v) is 10.9. The highest BCUT2D eigenvalue weighted by molar-refractivity contribution is 7.99. The molecule has 0 unspecified atom stereocenters. The zero-order chi connectivity index (χ0) is 19.5. The average molecular weight is 422 g/mol. The van der Waals surface area contributed by atoms with Crippen LogP contribution >= 0.6 is 23.4 Å². The van der Waals surface area contributed by atoms with Crippen LogP contribution < -0.4 is 4.90 Å². The van der Waals surface area contributed by atoms with Crippen molar-refractivity contribution in [3.05, 3.63) is 34.9 Å². The number of carbonyl (C=O) groups excluding carboxylic acids is 1. The monoisotopic (exact) mass is 421 g/mol. The second-order valence-corrected chi connectivity index (χ2v) is 8.53. The summed E-state index contributed by atoms with van der Waals surface area (Å²) >= 11 is 7.50. The quantitative estimate of drug-likeness (QED) is 0.640. The maximum atomic E-state index is 12.6. The van der Waals surface area contributed by atoms with Gasteiger partial charge in [0.05, 0.1) is 19.0 Å². The smallest absolute Gasteiger partial charge is 0.233 e. The number of rotatable bonds is 7. The minimum Gasteiger partial charge on any atom is -0.378 e. The summed E-state index contributed by atoms with van der Waals surface area (Å²) in [5.74, 6) is 1.31. The standard InChI is InChI=1S/C19H24ClN5O2S/c1-23(12-14-3-2-4-15(20)11-14)17(26)13-28-19-22-21-18(25(19)16-5-6-16)24-7-9-27-10-8-24/h2-4,11,16H,5-10,12-13H2,1H3. The van der Waals surface area contributed by atoms with Gasteiger partial charge in [-0.15, -0.1) is 10.2 Å². The molecule has 7 nitrogen and oxygen atoms in total. The molecule has 1 saturated carbocycles. The number of thioether (sulfide) groups is 1. The summed E-state index contributed by atoms with van der Waals surface area (Å²) in [5.41, 5.74) is 1.02. The zero-order valence-corrected chi connectivity index (χ0v) is 17.5. The Morgan fingerprint density at radius 2 is 2.11 bits per heavy atom. The van der Waals surface area contributed by atoms with E-state index in [2.05, 4.69) is 19.7 Å². The first-order valence-electron chi connectivity index (χ1n) is 9.50. The van der Waals surface area contributed by atoms with Crippen molar-refractivity contribution in [1.29, 1.82) is 0 Å². The Bertz CT molecular complexity index is 835. The summed E-state index contributed by atoms with van der Waals surface area (Å²) in [6.07, 6.45) is 2.29. The molecule has 2 aromatic rings. The van der Waals surface area contributed by atoms with Crippen molar-refractivity contribution in [2.45, 2.75) is 30.6 Å². The van der Waals surface area contributed by atoms with Gasteiger partial charge < -0.3 is 14.5 Å². The highest BCUT2D eigenvalue weighted by Crippen LogP contribution is 2.41. The molecular formula is C19H24ClN5O2S. The van der Waals surface area contributed by atoms with Gasteiger partial charge in [0.1, 0.15) is 0 Å². The van der Waals surface area contributed by atoms with Crippen molar-refractivity contribution in [2.24, 2.45) is 0 Å². The number of ether oxygens (including phenoxy) is 1. The summed E-state index contributed by atoms with van der Waals surface area (Å²) in [5, 5.41) is 10.3. The van der Waals surface area contributed by atoms with E-state index in [1.807, 2.05) is 31.3 Å². The van der Waals surface area contributed by atoms with Crippen molar-refractivity contribution in [3.63, 3.8) is 0 Å². The lowest BCUT2D eigenvalue weighted by Crippen LogP contribution is -2.38. The Balaban J connectivity index is 1.39. The molecule has 1 aliphatic heterocycles. The fourth-order valence-electron chi connectivity index (χ4n) is 3.23. The molecule has 0 radical (unpaired) electrons. The van der Waals surface area contributed by atoms with Crippen LogP contribution in [0.25, 0.3) is 0 Å². The molecule has 1 aromatic carbocycles. The van der Waals surface area contributed by atoms with Gasteiger partial charge in [0.2, 0.25) is 11.9 Å². The highest BCUT2D eigenvalue weighted by atomic mass is 35.5. The van der Waals surface area contributed by atoms with Crippen LogP contribution in [0.5, 0.6) is 0 Å². The molecule has 0 atom stereocenters. The number of benzene rings is 1. The van der Waals surface area contributed by atoms with E-state index in [4.69, 9.17) is 16.3 Å². The van der Waals surface area contributed by atoms with Crippen molar-refractivity contribution < 1.29 is 9.53 Å². The molecule has 2 aliphatic rings. The van der Waals surface area contributed by atoms with Gasteiger partial charge in [0, 0.05) is 37.7 Å². The van der Waals surface area contributed by atoms with E-state index >= 15 is 0 Å². The number of anilines is 1. The molecule has 0 N–H and O–H groups in total. The number of hydrogen-bond donors (Lipinski definition) is 0. The zero-order valence-electron chi connectivity index (χ0n) is 15.9. The van der Waals surface area contributed by atoms with Crippen LogP contribution in [0.4, 0.5) is 5.95 Å². The number of hydrogen-bond acceptors (Lipinski definition) is 6. The average Bonchev–Trinajstić information content (AvgIpc) is 3.45. The van der Waals surface area contributed by atoms with E-state index in [-0.39, 0.29) is 5.91 Å². The summed E-state index contributed by atoms with van der Waals surface area (Å²) in [6.45, 7) is 3.63. The molecule has 1 amide bonds. The predicted octanol–water partition coefficient (Wildman–Crippen LogP) is 2.85. The van der Waals surface area contributed by atoms with Gasteiger partial charge in [-0.3, -0.25) is 9.36 Å². The van der Waals surface area contributed by atoms with E-state index in [1.54, 1.807) is 4.90 Å². The van der Waals surface area contributed by atoms with E-state index in [0.717, 1.165) is 42.6 Å². The number of nitrogens with zero attached hydrogens (tertiary/aromatic N) is 5. The third-order valence-electron chi connectivity index (χ3n) is 4.91. The SMILES string of the molecule is CN(Cc1cccc(Cl)c1)C(=O)CSc1nnc(N2CCOCC2)n1C1CC1. The summed E-state index contributed by atoms with van der Waals surface area (Å²) in [6, 6.07) is 8.04. The molecule has 1 saturated heterocycles. The Morgan fingerprint density at radius 3 is 2.82 bits per heavy atom. The minimum atomic E-state index is 0.0586. The van der Waals surface area contributed by atoms with Crippen molar-refractivity contribution >= 4 is 35.2 Å². The molecular weight excluding hydrogens is 398 g/mol. The molecule has 0 bridgehead atoms. The largest absolute Gasteiger partial charge is 0.378 e. The topological polar surface area (TPSA) is 63.5 Å². The summed E-state index contributed by atoms with van der Waals surface area (Å²) in [7, 11) is 1.81. The molecule has 2 fully saturated rings. The van der Waals surface area contributed by atoms with Gasteiger partial charge in [-0.25, -0.2) is 0 Å². The van der Waals surface area contributed by atoms with Crippen LogP contribution in [0, 0.1) is 0 Å². The molecule has 0 spiro atoms. The van der Waals surface area contributed by atoms with Crippen LogP contribution in [0.2, 0.25) is 5.02 Å². The van der Waals surface area contributed by atoms with Gasteiger partial charge in [-0.1, -0.05) is 35.5 Å². The number of carbonyl (C=O) groups is 1. The Kier molecular flexibility index (Phi) is 6.08. The van der Waals surface area contributed by atoms with Gasteiger partial charge >= 0.3 is 0 Å².